The first-order chi connectivity index (χ1) is 12.8. The molecule has 1 N–H and O–H groups in total. The summed E-state index contributed by atoms with van der Waals surface area (Å²) < 4.78 is 10.9. The number of carbonyl (C=O) groups excluding carboxylic acids is 2. The largest absolute Gasteiger partial charge is 0.492 e. The van der Waals surface area contributed by atoms with Crippen molar-refractivity contribution >= 4 is 23.3 Å². The predicted molar refractivity (Wildman–Crippen MR) is 102 cm³/mol. The van der Waals surface area contributed by atoms with Gasteiger partial charge in [0.25, 0.3) is 0 Å². The van der Waals surface area contributed by atoms with Gasteiger partial charge in [-0.1, -0.05) is 38.1 Å². The highest BCUT2D eigenvalue weighted by Gasteiger charge is 2.36. The summed E-state index contributed by atoms with van der Waals surface area (Å²) in [5, 5.41) is 6.66. The standard InChI is InChI=1S/C20H25N3O4/c1-5-26-15-9-7-6-8-14(15)23-12-13(10-18(23)24)19(25)21-17-11-16(27-22-17)20(2,3)4/h6-9,11,13H,5,10,12H2,1-4H3,(H,21,22,25). The molecule has 7 heteroatoms. The Morgan fingerprint density at radius 1 is 1.37 bits per heavy atom. The van der Waals surface area contributed by atoms with Crippen molar-refractivity contribution in [2.24, 2.45) is 5.92 Å². The summed E-state index contributed by atoms with van der Waals surface area (Å²) >= 11 is 0. The van der Waals surface area contributed by atoms with Crippen molar-refractivity contribution in [3.05, 3.63) is 36.1 Å². The second-order valence-electron chi connectivity index (χ2n) is 7.62. The summed E-state index contributed by atoms with van der Waals surface area (Å²) in [4.78, 5) is 26.7. The minimum absolute atomic E-state index is 0.0992. The Labute approximate surface area is 158 Å². The molecule has 0 saturated carbocycles. The van der Waals surface area contributed by atoms with E-state index in [2.05, 4.69) is 10.5 Å². The smallest absolute Gasteiger partial charge is 0.231 e. The van der Waals surface area contributed by atoms with E-state index in [0.717, 1.165) is 0 Å². The van der Waals surface area contributed by atoms with E-state index in [4.69, 9.17) is 9.26 Å². The van der Waals surface area contributed by atoms with E-state index in [0.29, 0.717) is 36.2 Å². The van der Waals surface area contributed by atoms with Crippen molar-refractivity contribution in [1.29, 1.82) is 0 Å². The van der Waals surface area contributed by atoms with E-state index in [1.165, 1.54) is 0 Å². The molecule has 2 aromatic rings. The highest BCUT2D eigenvalue weighted by Crippen LogP contribution is 2.33. The molecule has 0 radical (unpaired) electrons. The van der Waals surface area contributed by atoms with Crippen LogP contribution in [0, 0.1) is 5.92 Å². The maximum Gasteiger partial charge on any atom is 0.231 e. The molecule has 2 heterocycles. The molecular weight excluding hydrogens is 346 g/mol. The number of ether oxygens (including phenoxy) is 1. The van der Waals surface area contributed by atoms with Crippen LogP contribution in [0.25, 0.3) is 0 Å². The van der Waals surface area contributed by atoms with Gasteiger partial charge in [-0.2, -0.15) is 0 Å². The fourth-order valence-corrected chi connectivity index (χ4v) is 2.99. The van der Waals surface area contributed by atoms with Crippen LogP contribution in [-0.4, -0.2) is 30.1 Å². The molecule has 1 aliphatic heterocycles. The molecule has 7 nitrogen and oxygen atoms in total. The highest BCUT2D eigenvalue weighted by molar-refractivity contribution is 6.03. The van der Waals surface area contributed by atoms with Crippen molar-refractivity contribution in [2.45, 2.75) is 39.5 Å². The van der Waals surface area contributed by atoms with Gasteiger partial charge in [-0.3, -0.25) is 9.59 Å². The molecule has 1 aromatic heterocycles. The third-order valence-corrected chi connectivity index (χ3v) is 4.45. The van der Waals surface area contributed by atoms with Crippen molar-refractivity contribution in [1.82, 2.24) is 5.16 Å². The molecule has 144 valence electrons. The van der Waals surface area contributed by atoms with E-state index in [1.807, 2.05) is 52.0 Å². The monoisotopic (exact) mass is 371 g/mol. The zero-order valence-corrected chi connectivity index (χ0v) is 16.1. The molecule has 27 heavy (non-hydrogen) atoms. The first-order valence-corrected chi connectivity index (χ1v) is 9.10. The Balaban J connectivity index is 1.70. The number of rotatable bonds is 5. The van der Waals surface area contributed by atoms with Crippen molar-refractivity contribution in [3.8, 4) is 5.75 Å². The van der Waals surface area contributed by atoms with Crippen molar-refractivity contribution in [2.75, 3.05) is 23.4 Å². The SMILES string of the molecule is CCOc1ccccc1N1CC(C(=O)Nc2cc(C(C)(C)C)on2)CC1=O. The number of aromatic nitrogens is 1. The highest BCUT2D eigenvalue weighted by atomic mass is 16.5. The average molecular weight is 371 g/mol. The molecule has 0 spiro atoms. The van der Waals surface area contributed by atoms with Crippen LogP contribution >= 0.6 is 0 Å². The van der Waals surface area contributed by atoms with Crippen LogP contribution in [-0.2, 0) is 15.0 Å². The van der Waals surface area contributed by atoms with Gasteiger partial charge in [0, 0.05) is 24.4 Å². The van der Waals surface area contributed by atoms with Crippen molar-refractivity contribution in [3.63, 3.8) is 0 Å². The van der Waals surface area contributed by atoms with Crippen LogP contribution in [0.2, 0.25) is 0 Å². The molecule has 0 bridgehead atoms. The lowest BCUT2D eigenvalue weighted by atomic mass is 9.93. The molecule has 1 aromatic carbocycles. The lowest BCUT2D eigenvalue weighted by molar-refractivity contribution is -0.122. The Morgan fingerprint density at radius 2 is 2.11 bits per heavy atom. The number of amides is 2. The number of nitrogens with zero attached hydrogens (tertiary/aromatic N) is 2. The van der Waals surface area contributed by atoms with Gasteiger partial charge in [-0.05, 0) is 19.1 Å². The van der Waals surface area contributed by atoms with Crippen LogP contribution in [0.3, 0.4) is 0 Å². The van der Waals surface area contributed by atoms with Gasteiger partial charge in [0.1, 0.15) is 11.5 Å². The number of benzene rings is 1. The lowest BCUT2D eigenvalue weighted by Gasteiger charge is -2.20. The van der Waals surface area contributed by atoms with Gasteiger partial charge in [-0.25, -0.2) is 0 Å². The lowest BCUT2D eigenvalue weighted by Crippen LogP contribution is -2.28. The zero-order chi connectivity index (χ0) is 19.6. The molecule has 1 unspecified atom stereocenters. The number of carbonyl (C=O) groups is 2. The number of hydrogen-bond acceptors (Lipinski definition) is 5. The Morgan fingerprint density at radius 3 is 2.78 bits per heavy atom. The van der Waals surface area contributed by atoms with E-state index >= 15 is 0 Å². The van der Waals surface area contributed by atoms with Crippen LogP contribution < -0.4 is 15.0 Å². The average Bonchev–Trinajstić information content (AvgIpc) is 3.22. The summed E-state index contributed by atoms with van der Waals surface area (Å²) in [5.74, 6) is 0.896. The third kappa shape index (κ3) is 4.13. The van der Waals surface area contributed by atoms with Gasteiger partial charge in [0.2, 0.25) is 11.8 Å². The molecule has 1 fully saturated rings. The summed E-state index contributed by atoms with van der Waals surface area (Å²) in [6.07, 6.45) is 0.149. The van der Waals surface area contributed by atoms with E-state index in [-0.39, 0.29) is 23.7 Å². The van der Waals surface area contributed by atoms with Crippen molar-refractivity contribution < 1.29 is 18.8 Å². The molecular formula is C20H25N3O4. The van der Waals surface area contributed by atoms with Crippen LogP contribution in [0.5, 0.6) is 5.75 Å². The molecule has 2 amide bonds. The molecule has 1 aliphatic rings. The Hall–Kier alpha value is -2.83. The van der Waals surface area contributed by atoms with Gasteiger partial charge in [0.15, 0.2) is 5.82 Å². The van der Waals surface area contributed by atoms with Crippen LogP contribution in [0.4, 0.5) is 11.5 Å². The fraction of sp³-hybridized carbons (Fsp3) is 0.450. The minimum atomic E-state index is -0.457. The first kappa shape index (κ1) is 18.9. The summed E-state index contributed by atoms with van der Waals surface area (Å²) in [6.45, 7) is 8.71. The maximum atomic E-state index is 12.6. The van der Waals surface area contributed by atoms with E-state index < -0.39 is 5.92 Å². The minimum Gasteiger partial charge on any atom is -0.492 e. The number of anilines is 2. The molecule has 1 atom stereocenters. The Bertz CT molecular complexity index is 838. The second kappa shape index (κ2) is 7.42. The van der Waals surface area contributed by atoms with Gasteiger partial charge >= 0.3 is 0 Å². The van der Waals surface area contributed by atoms with Gasteiger partial charge in [0.05, 0.1) is 18.2 Å². The maximum absolute atomic E-state index is 12.6. The summed E-state index contributed by atoms with van der Waals surface area (Å²) in [7, 11) is 0. The normalized spacial score (nSPS) is 17.3. The number of para-hydroxylation sites is 2. The first-order valence-electron chi connectivity index (χ1n) is 9.10. The van der Waals surface area contributed by atoms with E-state index in [9.17, 15) is 9.59 Å². The van der Waals surface area contributed by atoms with Gasteiger partial charge < -0.3 is 19.5 Å². The number of hydrogen-bond donors (Lipinski definition) is 1. The molecule has 0 aliphatic carbocycles. The Kier molecular flexibility index (Phi) is 5.21. The summed E-state index contributed by atoms with van der Waals surface area (Å²) in [5.41, 5.74) is 0.495. The molecule has 3 rings (SSSR count). The second-order valence-corrected chi connectivity index (χ2v) is 7.62. The van der Waals surface area contributed by atoms with Crippen LogP contribution in [0.1, 0.15) is 39.9 Å². The predicted octanol–water partition coefficient (Wildman–Crippen LogP) is 3.36. The van der Waals surface area contributed by atoms with Crippen LogP contribution in [0.15, 0.2) is 34.9 Å². The third-order valence-electron chi connectivity index (χ3n) is 4.45. The topological polar surface area (TPSA) is 84.7 Å². The van der Waals surface area contributed by atoms with E-state index in [1.54, 1.807) is 11.0 Å². The quantitative estimate of drug-likeness (QED) is 0.871. The zero-order valence-electron chi connectivity index (χ0n) is 16.1. The number of nitrogens with one attached hydrogen (secondary N) is 1. The molecule has 1 saturated heterocycles. The summed E-state index contributed by atoms with van der Waals surface area (Å²) in [6, 6.07) is 9.08. The van der Waals surface area contributed by atoms with Gasteiger partial charge in [-0.15, -0.1) is 0 Å². The fourth-order valence-electron chi connectivity index (χ4n) is 2.99.